The van der Waals surface area contributed by atoms with E-state index >= 15 is 0 Å². The van der Waals surface area contributed by atoms with Crippen LogP contribution in [0, 0.1) is 17.5 Å². The quantitative estimate of drug-likeness (QED) is 0.336. The molecule has 4 rings (SSSR count). The van der Waals surface area contributed by atoms with Crippen molar-refractivity contribution >= 4 is 0 Å². The second-order valence-corrected chi connectivity index (χ2v) is 7.82. The van der Waals surface area contributed by atoms with Crippen molar-refractivity contribution in [2.24, 2.45) is 0 Å². The predicted molar refractivity (Wildman–Crippen MR) is 99.6 cm³/mol. The average molecular weight is 496 g/mol. The Bertz CT molecular complexity index is 1080. The number of alkyl halides is 5. The summed E-state index contributed by atoms with van der Waals surface area (Å²) >= 11 is 0. The highest BCUT2D eigenvalue weighted by atomic mass is 19.4. The molecule has 0 radical (unpaired) electrons. The van der Waals surface area contributed by atoms with Gasteiger partial charge < -0.3 is 14.2 Å². The highest BCUT2D eigenvalue weighted by Crippen LogP contribution is 2.49. The lowest BCUT2D eigenvalue weighted by molar-refractivity contribution is -0.432. The number of allylic oxidation sites excluding steroid dienone is 1. The van der Waals surface area contributed by atoms with Crippen LogP contribution in [0.4, 0.5) is 35.1 Å². The lowest BCUT2D eigenvalue weighted by Crippen LogP contribution is -2.35. The molecule has 0 saturated carbocycles. The number of rotatable bonds is 7. The van der Waals surface area contributed by atoms with Crippen molar-refractivity contribution in [2.45, 2.75) is 36.9 Å². The molecule has 12 heteroatoms. The van der Waals surface area contributed by atoms with Crippen molar-refractivity contribution in [3.63, 3.8) is 0 Å². The summed E-state index contributed by atoms with van der Waals surface area (Å²) in [6, 6.07) is 3.85. The van der Waals surface area contributed by atoms with Gasteiger partial charge in [0.05, 0.1) is 13.2 Å². The normalized spacial score (nSPS) is 24.6. The van der Waals surface area contributed by atoms with Gasteiger partial charge in [-0.25, -0.2) is 17.9 Å². The zero-order valence-electron chi connectivity index (χ0n) is 17.2. The van der Waals surface area contributed by atoms with Crippen LogP contribution in [0.25, 0.3) is 11.1 Å². The van der Waals surface area contributed by atoms with Crippen LogP contribution in [0.1, 0.15) is 24.0 Å². The Labute approximate surface area is 187 Å². The van der Waals surface area contributed by atoms with Gasteiger partial charge >= 0.3 is 18.4 Å². The smallest absolute Gasteiger partial charge is 0.320 e. The van der Waals surface area contributed by atoms with Crippen LogP contribution in [0.5, 0.6) is 0 Å². The monoisotopic (exact) mass is 496 g/mol. The molecule has 4 nitrogen and oxygen atoms in total. The van der Waals surface area contributed by atoms with Gasteiger partial charge in [0.25, 0.3) is 0 Å². The number of ether oxygens (including phenoxy) is 4. The van der Waals surface area contributed by atoms with E-state index in [2.05, 4.69) is 11.3 Å². The molecule has 2 aliphatic heterocycles. The van der Waals surface area contributed by atoms with Gasteiger partial charge in [-0.1, -0.05) is 18.2 Å². The lowest BCUT2D eigenvalue weighted by atomic mass is 10.00. The highest BCUT2D eigenvalue weighted by Gasteiger charge is 2.59. The summed E-state index contributed by atoms with van der Waals surface area (Å²) in [6.07, 6.45) is -8.35. The van der Waals surface area contributed by atoms with Gasteiger partial charge in [0.15, 0.2) is 0 Å². The van der Waals surface area contributed by atoms with Gasteiger partial charge in [-0.2, -0.15) is 8.78 Å². The molecule has 2 fully saturated rings. The van der Waals surface area contributed by atoms with Gasteiger partial charge in [0.1, 0.15) is 28.6 Å². The molecular weight excluding hydrogens is 480 g/mol. The summed E-state index contributed by atoms with van der Waals surface area (Å²) in [7, 11) is 0. The van der Waals surface area contributed by atoms with Gasteiger partial charge in [-0.15, -0.1) is 19.8 Å². The molecule has 2 aliphatic rings. The topological polar surface area (TPSA) is 36.9 Å². The maximum Gasteiger partial charge on any atom is 0.527 e. The van der Waals surface area contributed by atoms with Gasteiger partial charge in [0.2, 0.25) is 0 Å². The number of hydrogen-bond acceptors (Lipinski definition) is 4. The first-order valence-corrected chi connectivity index (χ1v) is 9.83. The average Bonchev–Trinajstić information content (AvgIpc) is 3.27. The van der Waals surface area contributed by atoms with Crippen LogP contribution in [-0.4, -0.2) is 25.2 Å². The minimum absolute atomic E-state index is 0.106. The molecule has 0 N–H and O–H groups in total. The molecule has 0 amide bonds. The van der Waals surface area contributed by atoms with Gasteiger partial charge in [0, 0.05) is 11.1 Å². The first-order chi connectivity index (χ1) is 15.8. The van der Waals surface area contributed by atoms with Crippen molar-refractivity contribution < 1.29 is 54.1 Å². The van der Waals surface area contributed by atoms with E-state index in [1.54, 1.807) is 6.08 Å². The van der Waals surface area contributed by atoms with Crippen LogP contribution in [0.3, 0.4) is 0 Å². The van der Waals surface area contributed by atoms with E-state index in [0.717, 1.165) is 12.1 Å². The molecule has 0 spiro atoms. The SMILES string of the molecule is C=CCCC12COC(c3ccc(-c4cc(F)c(C(F)(F)OC(F)(F)F)c(F)c4)c(F)c3)(OC1)O2. The van der Waals surface area contributed by atoms with Crippen LogP contribution in [0.2, 0.25) is 0 Å². The maximum absolute atomic E-state index is 14.9. The largest absolute Gasteiger partial charge is 0.527 e. The Morgan fingerprint density at radius 3 is 2.09 bits per heavy atom. The van der Waals surface area contributed by atoms with Crippen molar-refractivity contribution in [3.05, 3.63) is 71.6 Å². The summed E-state index contributed by atoms with van der Waals surface area (Å²) in [5.74, 6) is -6.83. The van der Waals surface area contributed by atoms with E-state index in [4.69, 9.17) is 14.2 Å². The maximum atomic E-state index is 14.9. The molecule has 184 valence electrons. The first-order valence-electron chi connectivity index (χ1n) is 9.83. The van der Waals surface area contributed by atoms with Crippen molar-refractivity contribution in [1.82, 2.24) is 0 Å². The second kappa shape index (κ2) is 8.29. The third-order valence-electron chi connectivity index (χ3n) is 5.42. The molecule has 0 aliphatic carbocycles. The molecule has 2 heterocycles. The number of benzene rings is 2. The molecule has 2 aromatic carbocycles. The van der Waals surface area contributed by atoms with Crippen LogP contribution >= 0.6 is 0 Å². The minimum atomic E-state index is -5.86. The predicted octanol–water partition coefficient (Wildman–Crippen LogP) is 6.25. The fourth-order valence-corrected chi connectivity index (χ4v) is 3.87. The molecular formula is C22H16F8O4. The number of halogens is 8. The Kier molecular flexibility index (Phi) is 6.00. The van der Waals surface area contributed by atoms with Crippen LogP contribution < -0.4 is 0 Å². The summed E-state index contributed by atoms with van der Waals surface area (Å²) in [5.41, 5.74) is -3.85. The molecule has 0 unspecified atom stereocenters. The van der Waals surface area contributed by atoms with Crippen LogP contribution in [0.15, 0.2) is 43.0 Å². The van der Waals surface area contributed by atoms with E-state index in [1.165, 1.54) is 6.07 Å². The fraction of sp³-hybridized carbons (Fsp3) is 0.364. The Hall–Kier alpha value is -2.54. The first kappa shape index (κ1) is 24.6. The molecule has 0 aromatic heterocycles. The summed E-state index contributed by atoms with van der Waals surface area (Å²) in [5, 5.41) is 0. The Morgan fingerprint density at radius 2 is 1.56 bits per heavy atom. The third kappa shape index (κ3) is 4.42. The zero-order valence-corrected chi connectivity index (χ0v) is 17.2. The van der Waals surface area contributed by atoms with E-state index in [-0.39, 0.29) is 30.9 Å². The van der Waals surface area contributed by atoms with Crippen molar-refractivity contribution in [2.75, 3.05) is 13.2 Å². The Morgan fingerprint density at radius 1 is 0.941 bits per heavy atom. The summed E-state index contributed by atoms with van der Waals surface area (Å²) < 4.78 is 127. The van der Waals surface area contributed by atoms with Crippen molar-refractivity contribution in [3.8, 4) is 11.1 Å². The van der Waals surface area contributed by atoms with E-state index < -0.39 is 58.2 Å². The molecule has 2 aromatic rings. The van der Waals surface area contributed by atoms with E-state index in [9.17, 15) is 35.1 Å². The number of hydrogen-bond donors (Lipinski definition) is 0. The third-order valence-corrected chi connectivity index (χ3v) is 5.42. The molecule has 2 bridgehead atoms. The van der Waals surface area contributed by atoms with Crippen LogP contribution in [-0.2, 0) is 31.0 Å². The molecule has 2 saturated heterocycles. The fourth-order valence-electron chi connectivity index (χ4n) is 3.87. The summed E-state index contributed by atoms with van der Waals surface area (Å²) in [6.45, 7) is 3.99. The van der Waals surface area contributed by atoms with Gasteiger partial charge in [-0.05, 0) is 36.6 Å². The lowest BCUT2D eigenvalue weighted by Gasteiger charge is -2.24. The standard InChI is InChI=1S/C22H16F8O4/c1-2-3-6-19-10-31-21(33-19,32-11-19)13-4-5-14(15(23)9-13)12-7-16(24)18(17(25)8-12)20(26,27)34-22(28,29)30/h2,4-5,7-9H,1,3,6,10-11H2. The second-order valence-electron chi connectivity index (χ2n) is 7.82. The van der Waals surface area contributed by atoms with E-state index in [0.29, 0.717) is 12.8 Å². The minimum Gasteiger partial charge on any atom is -0.320 e. The zero-order chi connectivity index (χ0) is 24.9. The van der Waals surface area contributed by atoms with E-state index in [1.807, 2.05) is 0 Å². The Balaban J connectivity index is 1.63. The molecule has 34 heavy (non-hydrogen) atoms. The summed E-state index contributed by atoms with van der Waals surface area (Å²) in [4.78, 5) is 0. The van der Waals surface area contributed by atoms with Gasteiger partial charge in [-0.3, -0.25) is 0 Å². The number of fused-ring (bicyclic) bond motifs is 2. The van der Waals surface area contributed by atoms with Crippen molar-refractivity contribution in [1.29, 1.82) is 0 Å². The molecule has 0 atom stereocenters. The highest BCUT2D eigenvalue weighted by molar-refractivity contribution is 5.65.